The Morgan fingerprint density at radius 1 is 1.33 bits per heavy atom. The Labute approximate surface area is 54.1 Å². The fourth-order valence-corrected chi connectivity index (χ4v) is 1.35. The van der Waals surface area contributed by atoms with Crippen LogP contribution < -0.4 is 0 Å². The van der Waals surface area contributed by atoms with E-state index in [2.05, 4.69) is 8.37 Å². The van der Waals surface area contributed by atoms with E-state index in [1.54, 1.807) is 0 Å². The van der Waals surface area contributed by atoms with Gasteiger partial charge in [-0.1, -0.05) is 6.92 Å². The normalized spacial score (nSPS) is 28.1. The van der Waals surface area contributed by atoms with E-state index in [1.165, 1.54) is 0 Å². The van der Waals surface area contributed by atoms with Gasteiger partial charge in [-0.25, -0.2) is 8.37 Å². The van der Waals surface area contributed by atoms with Crippen molar-refractivity contribution in [3.8, 4) is 0 Å². The first-order valence-corrected chi connectivity index (χ1v) is 3.97. The molecule has 9 heavy (non-hydrogen) atoms. The highest BCUT2D eigenvalue weighted by atomic mass is 32.3. The fourth-order valence-electron chi connectivity index (χ4n) is 0.481. The molecule has 0 radical (unpaired) electrons. The van der Waals surface area contributed by atoms with E-state index in [0.717, 1.165) is 0 Å². The van der Waals surface area contributed by atoms with E-state index in [-0.39, 0.29) is 19.1 Å². The highest BCUT2D eigenvalue weighted by Crippen LogP contribution is 2.10. The molecule has 0 aromatic carbocycles. The number of hydrogen-bond donors (Lipinski definition) is 0. The SMILES string of the molecule is CC1COS(=O)(=O)OC1. The van der Waals surface area contributed by atoms with Gasteiger partial charge in [-0.3, -0.25) is 0 Å². The third-order valence-electron chi connectivity index (χ3n) is 0.994. The van der Waals surface area contributed by atoms with Gasteiger partial charge in [-0.15, -0.1) is 0 Å². The van der Waals surface area contributed by atoms with E-state index in [1.807, 2.05) is 6.92 Å². The van der Waals surface area contributed by atoms with Crippen LogP contribution in [0.2, 0.25) is 0 Å². The van der Waals surface area contributed by atoms with Crippen molar-refractivity contribution in [2.45, 2.75) is 6.92 Å². The van der Waals surface area contributed by atoms with Gasteiger partial charge in [0.25, 0.3) is 0 Å². The average molecular weight is 152 g/mol. The summed E-state index contributed by atoms with van der Waals surface area (Å²) in [6, 6.07) is 0. The molecule has 4 nitrogen and oxygen atoms in total. The maximum atomic E-state index is 10.4. The van der Waals surface area contributed by atoms with Crippen molar-refractivity contribution in [3.63, 3.8) is 0 Å². The van der Waals surface area contributed by atoms with Crippen molar-refractivity contribution in [1.82, 2.24) is 0 Å². The van der Waals surface area contributed by atoms with Gasteiger partial charge in [-0.05, 0) is 0 Å². The van der Waals surface area contributed by atoms with E-state index >= 15 is 0 Å². The molecule has 0 N–H and O–H groups in total. The second kappa shape index (κ2) is 2.24. The zero-order valence-electron chi connectivity index (χ0n) is 5.03. The second-order valence-corrected chi connectivity index (χ2v) is 3.37. The molecule has 1 rings (SSSR count). The lowest BCUT2D eigenvalue weighted by Gasteiger charge is -2.16. The van der Waals surface area contributed by atoms with Gasteiger partial charge in [0.15, 0.2) is 0 Å². The molecule has 0 amide bonds. The highest BCUT2D eigenvalue weighted by molar-refractivity contribution is 7.81. The van der Waals surface area contributed by atoms with Crippen molar-refractivity contribution in [2.24, 2.45) is 5.92 Å². The van der Waals surface area contributed by atoms with Crippen molar-refractivity contribution in [1.29, 1.82) is 0 Å². The van der Waals surface area contributed by atoms with Gasteiger partial charge in [-0.2, -0.15) is 8.42 Å². The molecule has 54 valence electrons. The van der Waals surface area contributed by atoms with Crippen molar-refractivity contribution in [3.05, 3.63) is 0 Å². The van der Waals surface area contributed by atoms with Crippen molar-refractivity contribution in [2.75, 3.05) is 13.2 Å². The van der Waals surface area contributed by atoms with Gasteiger partial charge in [0.05, 0.1) is 13.2 Å². The van der Waals surface area contributed by atoms with Crippen LogP contribution in [0.3, 0.4) is 0 Å². The standard InChI is InChI=1S/C4H8O4S/c1-4-2-7-9(5,6)8-3-4/h4H,2-3H2,1H3. The predicted molar refractivity (Wildman–Crippen MR) is 30.0 cm³/mol. The van der Waals surface area contributed by atoms with Gasteiger partial charge < -0.3 is 0 Å². The maximum Gasteiger partial charge on any atom is 0.399 e. The summed E-state index contributed by atoms with van der Waals surface area (Å²) in [5, 5.41) is 0. The van der Waals surface area contributed by atoms with Crippen LogP contribution in [0.1, 0.15) is 6.92 Å². The van der Waals surface area contributed by atoms with Gasteiger partial charge in [0.1, 0.15) is 0 Å². The lowest BCUT2D eigenvalue weighted by atomic mass is 10.2. The van der Waals surface area contributed by atoms with Crippen LogP contribution in [0.25, 0.3) is 0 Å². The summed E-state index contributed by atoms with van der Waals surface area (Å²) in [7, 11) is -3.62. The van der Waals surface area contributed by atoms with Crippen LogP contribution in [0.15, 0.2) is 0 Å². The zero-order chi connectivity index (χ0) is 6.91. The Bertz CT molecular complexity index is 169. The molecule has 0 spiro atoms. The minimum Gasteiger partial charge on any atom is -0.248 e. The third kappa shape index (κ3) is 1.92. The maximum absolute atomic E-state index is 10.4. The van der Waals surface area contributed by atoms with E-state index in [0.29, 0.717) is 0 Å². The van der Waals surface area contributed by atoms with Crippen LogP contribution in [0.4, 0.5) is 0 Å². The summed E-state index contributed by atoms with van der Waals surface area (Å²) in [6.45, 7) is 2.33. The molecular formula is C4H8O4S. The van der Waals surface area contributed by atoms with Crippen molar-refractivity contribution >= 4 is 10.4 Å². The van der Waals surface area contributed by atoms with Crippen LogP contribution in [-0.2, 0) is 18.8 Å². The highest BCUT2D eigenvalue weighted by Gasteiger charge is 2.21. The Hall–Kier alpha value is -0.130. The van der Waals surface area contributed by atoms with Gasteiger partial charge in [0.2, 0.25) is 0 Å². The summed E-state index contributed by atoms with van der Waals surface area (Å²) in [6.07, 6.45) is 0. The summed E-state index contributed by atoms with van der Waals surface area (Å²) in [4.78, 5) is 0. The molecular weight excluding hydrogens is 144 g/mol. The molecule has 1 aliphatic heterocycles. The van der Waals surface area contributed by atoms with E-state index in [9.17, 15) is 8.42 Å². The monoisotopic (exact) mass is 152 g/mol. The van der Waals surface area contributed by atoms with Gasteiger partial charge >= 0.3 is 10.4 Å². The Morgan fingerprint density at radius 3 is 2.11 bits per heavy atom. The summed E-state index contributed by atoms with van der Waals surface area (Å²) >= 11 is 0. The molecule has 1 fully saturated rings. The predicted octanol–water partition coefficient (Wildman–Crippen LogP) is -0.0859. The van der Waals surface area contributed by atoms with Crippen LogP contribution >= 0.6 is 0 Å². The van der Waals surface area contributed by atoms with E-state index < -0.39 is 10.4 Å². The molecule has 0 aromatic rings. The molecule has 5 heteroatoms. The minimum absolute atomic E-state index is 0.175. The van der Waals surface area contributed by atoms with Crippen LogP contribution in [0, 0.1) is 5.92 Å². The van der Waals surface area contributed by atoms with Crippen LogP contribution in [0.5, 0.6) is 0 Å². The lowest BCUT2D eigenvalue weighted by molar-refractivity contribution is 0.111. The lowest BCUT2D eigenvalue weighted by Crippen LogP contribution is -2.26. The molecule has 0 aromatic heterocycles. The largest absolute Gasteiger partial charge is 0.399 e. The molecule has 0 aliphatic carbocycles. The fraction of sp³-hybridized carbons (Fsp3) is 1.00. The van der Waals surface area contributed by atoms with E-state index in [4.69, 9.17) is 0 Å². The average Bonchev–Trinajstić information content (AvgIpc) is 1.78. The van der Waals surface area contributed by atoms with Crippen LogP contribution in [-0.4, -0.2) is 21.6 Å². The molecule has 0 atom stereocenters. The zero-order valence-corrected chi connectivity index (χ0v) is 5.85. The molecule has 0 bridgehead atoms. The smallest absolute Gasteiger partial charge is 0.248 e. The summed E-state index contributed by atoms with van der Waals surface area (Å²) < 4.78 is 29.4. The molecule has 1 heterocycles. The van der Waals surface area contributed by atoms with Crippen molar-refractivity contribution < 1.29 is 16.8 Å². The second-order valence-electron chi connectivity index (χ2n) is 2.08. The summed E-state index contributed by atoms with van der Waals surface area (Å²) in [5.74, 6) is 0.175. The third-order valence-corrected chi connectivity index (χ3v) is 1.84. The molecule has 0 saturated carbocycles. The first-order valence-electron chi connectivity index (χ1n) is 2.64. The molecule has 0 unspecified atom stereocenters. The topological polar surface area (TPSA) is 52.6 Å². The first-order chi connectivity index (χ1) is 4.10. The Balaban J connectivity index is 2.55. The Kier molecular flexibility index (Phi) is 1.74. The minimum atomic E-state index is -3.62. The first kappa shape index (κ1) is 6.98. The van der Waals surface area contributed by atoms with Gasteiger partial charge in [0, 0.05) is 5.92 Å². The molecule has 1 saturated heterocycles. The quantitative estimate of drug-likeness (QED) is 0.487. The molecule has 1 aliphatic rings. The number of hydrogen-bond acceptors (Lipinski definition) is 4. The summed E-state index contributed by atoms with van der Waals surface area (Å²) in [5.41, 5.74) is 0. The Morgan fingerprint density at radius 2 is 1.78 bits per heavy atom. The number of rotatable bonds is 0.